The van der Waals surface area contributed by atoms with Crippen molar-refractivity contribution < 1.29 is 0 Å². The normalized spacial score (nSPS) is 11.8. The Hall–Kier alpha value is -2.35. The number of hydrogen-bond donors (Lipinski definition) is 2. The van der Waals surface area contributed by atoms with Crippen LogP contribution in [0.3, 0.4) is 0 Å². The second kappa shape index (κ2) is 4.45. The summed E-state index contributed by atoms with van der Waals surface area (Å²) in [7, 11) is 0. The van der Waals surface area contributed by atoms with E-state index in [1.54, 1.807) is 18.5 Å². The van der Waals surface area contributed by atoms with E-state index in [1.165, 1.54) is 0 Å². The van der Waals surface area contributed by atoms with Crippen molar-refractivity contribution in [2.24, 2.45) is 0 Å². The van der Waals surface area contributed by atoms with Crippen molar-refractivity contribution in [2.45, 2.75) is 13.0 Å². The number of aromatic amines is 1. The third kappa shape index (κ3) is 2.17. The molecule has 0 aromatic carbocycles. The Morgan fingerprint density at radius 1 is 1.44 bits per heavy atom. The van der Waals surface area contributed by atoms with Crippen molar-refractivity contribution in [3.05, 3.63) is 42.0 Å². The first-order valence-corrected chi connectivity index (χ1v) is 4.91. The van der Waals surface area contributed by atoms with Gasteiger partial charge < -0.3 is 5.32 Å². The van der Waals surface area contributed by atoms with Crippen LogP contribution in [0.25, 0.3) is 0 Å². The fourth-order valence-electron chi connectivity index (χ4n) is 1.38. The van der Waals surface area contributed by atoms with Gasteiger partial charge in [0, 0.05) is 11.8 Å². The van der Waals surface area contributed by atoms with Crippen LogP contribution in [0.2, 0.25) is 0 Å². The highest BCUT2D eigenvalue weighted by molar-refractivity contribution is 5.44. The lowest BCUT2D eigenvalue weighted by atomic mass is 10.2. The lowest BCUT2D eigenvalue weighted by molar-refractivity contribution is 0.884. The first-order valence-electron chi connectivity index (χ1n) is 4.91. The van der Waals surface area contributed by atoms with Crippen molar-refractivity contribution in [2.75, 3.05) is 5.32 Å². The number of nitriles is 1. The van der Waals surface area contributed by atoms with Gasteiger partial charge in [-0.25, -0.2) is 4.98 Å². The van der Waals surface area contributed by atoms with E-state index in [4.69, 9.17) is 5.26 Å². The second-order valence-corrected chi connectivity index (χ2v) is 3.44. The largest absolute Gasteiger partial charge is 0.377 e. The second-order valence-electron chi connectivity index (χ2n) is 3.44. The molecule has 0 bridgehead atoms. The lowest BCUT2D eigenvalue weighted by Crippen LogP contribution is -2.05. The maximum atomic E-state index is 8.62. The van der Waals surface area contributed by atoms with Crippen molar-refractivity contribution in [1.29, 1.82) is 5.26 Å². The molecule has 0 fully saturated rings. The van der Waals surface area contributed by atoms with Gasteiger partial charge in [-0.1, -0.05) is 0 Å². The summed E-state index contributed by atoms with van der Waals surface area (Å²) in [5.74, 6) is 0. The molecule has 0 spiro atoms. The molecular formula is C11H11N5. The van der Waals surface area contributed by atoms with E-state index in [1.807, 2.05) is 25.3 Å². The molecule has 2 rings (SSSR count). The molecule has 0 saturated heterocycles. The average Bonchev–Trinajstić information content (AvgIpc) is 2.83. The molecule has 0 aliphatic carbocycles. The number of nitrogens with zero attached hydrogens (tertiary/aromatic N) is 3. The molecule has 16 heavy (non-hydrogen) atoms. The van der Waals surface area contributed by atoms with E-state index in [0.29, 0.717) is 5.69 Å². The van der Waals surface area contributed by atoms with Gasteiger partial charge in [0.05, 0.1) is 24.1 Å². The summed E-state index contributed by atoms with van der Waals surface area (Å²) in [6.07, 6.45) is 5.26. The standard InChI is InChI=1S/C11H11N5/c1-8(9-5-14-15-6-9)16-11-3-2-10(4-12)13-7-11/h2-3,5-8,16H,1H3,(H,14,15). The molecule has 2 heterocycles. The Balaban J connectivity index is 2.07. The summed E-state index contributed by atoms with van der Waals surface area (Å²) in [4.78, 5) is 3.98. The van der Waals surface area contributed by atoms with Gasteiger partial charge in [0.1, 0.15) is 11.8 Å². The van der Waals surface area contributed by atoms with Gasteiger partial charge in [0.25, 0.3) is 0 Å². The Labute approximate surface area is 93.1 Å². The van der Waals surface area contributed by atoms with Crippen LogP contribution in [0.5, 0.6) is 0 Å². The highest BCUT2D eigenvalue weighted by Crippen LogP contribution is 2.17. The predicted octanol–water partition coefficient (Wildman–Crippen LogP) is 1.85. The highest BCUT2D eigenvalue weighted by atomic mass is 15.1. The van der Waals surface area contributed by atoms with Crippen LogP contribution in [-0.4, -0.2) is 15.2 Å². The molecular weight excluding hydrogens is 202 g/mol. The number of hydrogen-bond acceptors (Lipinski definition) is 4. The van der Waals surface area contributed by atoms with Crippen LogP contribution < -0.4 is 5.32 Å². The van der Waals surface area contributed by atoms with Crippen LogP contribution in [0, 0.1) is 11.3 Å². The topological polar surface area (TPSA) is 77.4 Å². The number of rotatable bonds is 3. The zero-order valence-electron chi connectivity index (χ0n) is 8.81. The van der Waals surface area contributed by atoms with Crippen LogP contribution >= 0.6 is 0 Å². The number of anilines is 1. The van der Waals surface area contributed by atoms with Gasteiger partial charge in [-0.15, -0.1) is 0 Å². The summed E-state index contributed by atoms with van der Waals surface area (Å²) in [5, 5.41) is 18.5. The predicted molar refractivity (Wildman–Crippen MR) is 59.6 cm³/mol. The van der Waals surface area contributed by atoms with Crippen molar-refractivity contribution in [1.82, 2.24) is 15.2 Å². The molecule has 5 heteroatoms. The third-order valence-electron chi connectivity index (χ3n) is 2.28. The highest BCUT2D eigenvalue weighted by Gasteiger charge is 2.06. The van der Waals surface area contributed by atoms with E-state index in [-0.39, 0.29) is 6.04 Å². The molecule has 80 valence electrons. The van der Waals surface area contributed by atoms with Crippen LogP contribution in [0.15, 0.2) is 30.7 Å². The summed E-state index contributed by atoms with van der Waals surface area (Å²) in [6.45, 7) is 2.03. The summed E-state index contributed by atoms with van der Waals surface area (Å²) in [5.41, 5.74) is 2.37. The van der Waals surface area contributed by atoms with Gasteiger partial charge in [0.2, 0.25) is 0 Å². The molecule has 1 unspecified atom stereocenters. The minimum absolute atomic E-state index is 0.147. The molecule has 0 aliphatic rings. The minimum atomic E-state index is 0.147. The Morgan fingerprint density at radius 3 is 2.88 bits per heavy atom. The number of pyridine rings is 1. The van der Waals surface area contributed by atoms with Crippen molar-refractivity contribution >= 4 is 5.69 Å². The first-order chi connectivity index (χ1) is 7.79. The van der Waals surface area contributed by atoms with Gasteiger partial charge >= 0.3 is 0 Å². The van der Waals surface area contributed by atoms with Gasteiger partial charge in [-0.3, -0.25) is 5.10 Å². The fourth-order valence-corrected chi connectivity index (χ4v) is 1.38. The van der Waals surface area contributed by atoms with E-state index in [9.17, 15) is 0 Å². The Kier molecular flexibility index (Phi) is 2.83. The first kappa shape index (κ1) is 10.2. The smallest absolute Gasteiger partial charge is 0.140 e. The van der Waals surface area contributed by atoms with E-state index in [0.717, 1.165) is 11.3 Å². The fraction of sp³-hybridized carbons (Fsp3) is 0.182. The lowest BCUT2D eigenvalue weighted by Gasteiger charge is -2.12. The minimum Gasteiger partial charge on any atom is -0.377 e. The third-order valence-corrected chi connectivity index (χ3v) is 2.28. The summed E-state index contributed by atoms with van der Waals surface area (Å²) in [6, 6.07) is 5.65. The molecule has 1 atom stereocenters. The van der Waals surface area contributed by atoms with Crippen molar-refractivity contribution in [3.8, 4) is 6.07 Å². The van der Waals surface area contributed by atoms with Crippen LogP contribution in [-0.2, 0) is 0 Å². The quantitative estimate of drug-likeness (QED) is 0.815. The Morgan fingerprint density at radius 2 is 2.31 bits per heavy atom. The van der Waals surface area contributed by atoms with Gasteiger partial charge in [-0.05, 0) is 19.1 Å². The van der Waals surface area contributed by atoms with Gasteiger partial charge in [-0.2, -0.15) is 10.4 Å². The molecule has 2 aromatic heterocycles. The maximum Gasteiger partial charge on any atom is 0.140 e. The Bertz CT molecular complexity index is 480. The number of nitrogens with one attached hydrogen (secondary N) is 2. The van der Waals surface area contributed by atoms with Crippen molar-refractivity contribution in [3.63, 3.8) is 0 Å². The SMILES string of the molecule is CC(Nc1ccc(C#N)nc1)c1cn[nH]c1. The van der Waals surface area contributed by atoms with Crippen LogP contribution in [0.1, 0.15) is 24.2 Å². The number of aromatic nitrogens is 3. The zero-order chi connectivity index (χ0) is 11.4. The number of H-pyrrole nitrogens is 1. The molecule has 0 radical (unpaired) electrons. The van der Waals surface area contributed by atoms with E-state index < -0.39 is 0 Å². The molecule has 5 nitrogen and oxygen atoms in total. The molecule has 0 saturated carbocycles. The average molecular weight is 213 g/mol. The summed E-state index contributed by atoms with van der Waals surface area (Å²) < 4.78 is 0. The molecule has 2 aromatic rings. The zero-order valence-corrected chi connectivity index (χ0v) is 8.81. The summed E-state index contributed by atoms with van der Waals surface area (Å²) >= 11 is 0. The monoisotopic (exact) mass is 213 g/mol. The van der Waals surface area contributed by atoms with Crippen LogP contribution in [0.4, 0.5) is 5.69 Å². The van der Waals surface area contributed by atoms with Gasteiger partial charge in [0.15, 0.2) is 0 Å². The van der Waals surface area contributed by atoms with E-state index >= 15 is 0 Å². The molecule has 0 amide bonds. The molecule has 0 aliphatic heterocycles. The molecule has 2 N–H and O–H groups in total. The van der Waals surface area contributed by atoms with E-state index in [2.05, 4.69) is 20.5 Å². The maximum absolute atomic E-state index is 8.62.